The van der Waals surface area contributed by atoms with Crippen LogP contribution in [0.15, 0.2) is 52.0 Å². The maximum absolute atomic E-state index is 12.0. The highest BCUT2D eigenvalue weighted by atomic mass is 32.1. The topological polar surface area (TPSA) is 97.1 Å². The molecule has 23 heavy (non-hydrogen) atoms. The Kier molecular flexibility index (Phi) is 4.44. The van der Waals surface area contributed by atoms with Crippen molar-refractivity contribution in [2.24, 2.45) is 0 Å². The van der Waals surface area contributed by atoms with Gasteiger partial charge in [0, 0.05) is 24.3 Å². The maximum atomic E-state index is 12.0. The molecule has 7 nitrogen and oxygen atoms in total. The molecule has 8 heteroatoms. The summed E-state index contributed by atoms with van der Waals surface area (Å²) in [6.07, 6.45) is 4.52. The summed E-state index contributed by atoms with van der Waals surface area (Å²) >= 11 is 1.41. The number of oxazole rings is 1. The zero-order chi connectivity index (χ0) is 16.1. The van der Waals surface area contributed by atoms with Crippen LogP contribution in [0.2, 0.25) is 0 Å². The van der Waals surface area contributed by atoms with E-state index in [2.05, 4.69) is 20.6 Å². The highest BCUT2D eigenvalue weighted by Crippen LogP contribution is 2.12. The predicted molar refractivity (Wildman–Crippen MR) is 84.2 cm³/mol. The van der Waals surface area contributed by atoms with E-state index < -0.39 is 5.91 Å². The molecule has 0 spiro atoms. The summed E-state index contributed by atoms with van der Waals surface area (Å²) in [6.45, 7) is 0.329. The molecule has 0 atom stereocenters. The van der Waals surface area contributed by atoms with Crippen LogP contribution in [0, 0.1) is 0 Å². The van der Waals surface area contributed by atoms with Gasteiger partial charge in [0.05, 0.1) is 5.56 Å². The van der Waals surface area contributed by atoms with E-state index in [1.165, 1.54) is 17.6 Å². The molecule has 0 saturated carbocycles. The first-order chi connectivity index (χ1) is 11.2. The summed E-state index contributed by atoms with van der Waals surface area (Å²) < 4.78 is 5.09. The largest absolute Gasteiger partial charge is 0.431 e. The van der Waals surface area contributed by atoms with Crippen molar-refractivity contribution in [3.05, 3.63) is 64.4 Å². The quantitative estimate of drug-likeness (QED) is 0.749. The van der Waals surface area contributed by atoms with Gasteiger partial charge in [0.25, 0.3) is 11.8 Å². The summed E-state index contributed by atoms with van der Waals surface area (Å²) in [5, 5.41) is 8.69. The maximum Gasteiger partial charge on any atom is 0.302 e. The number of amides is 2. The van der Waals surface area contributed by atoms with Crippen LogP contribution >= 0.6 is 11.3 Å². The van der Waals surface area contributed by atoms with Gasteiger partial charge in [-0.3, -0.25) is 19.9 Å². The molecule has 0 aliphatic rings. The third-order valence-corrected chi connectivity index (χ3v) is 3.60. The number of anilines is 1. The molecular formula is C15H12N4O3S. The van der Waals surface area contributed by atoms with Crippen molar-refractivity contribution in [1.29, 1.82) is 0 Å². The molecule has 116 valence electrons. The molecule has 0 bridgehead atoms. The Morgan fingerprint density at radius 1 is 1.26 bits per heavy atom. The Morgan fingerprint density at radius 3 is 2.91 bits per heavy atom. The number of carbonyl (C=O) groups is 2. The Bertz CT molecular complexity index is 799. The summed E-state index contributed by atoms with van der Waals surface area (Å²) in [7, 11) is 0. The number of rotatable bonds is 5. The third-order valence-electron chi connectivity index (χ3n) is 2.92. The van der Waals surface area contributed by atoms with E-state index in [1.807, 2.05) is 6.07 Å². The van der Waals surface area contributed by atoms with Crippen molar-refractivity contribution in [3.63, 3.8) is 0 Å². The van der Waals surface area contributed by atoms with E-state index >= 15 is 0 Å². The summed E-state index contributed by atoms with van der Waals surface area (Å²) in [5.41, 5.74) is 1.47. The van der Waals surface area contributed by atoms with Crippen LogP contribution in [-0.4, -0.2) is 21.8 Å². The van der Waals surface area contributed by atoms with Gasteiger partial charge >= 0.3 is 6.01 Å². The van der Waals surface area contributed by atoms with Gasteiger partial charge in [0.1, 0.15) is 6.26 Å². The molecule has 0 unspecified atom stereocenters. The number of nitrogens with one attached hydrogen (secondary N) is 2. The van der Waals surface area contributed by atoms with Crippen molar-refractivity contribution in [2.75, 3.05) is 5.32 Å². The lowest BCUT2D eigenvalue weighted by atomic mass is 10.3. The van der Waals surface area contributed by atoms with E-state index in [0.29, 0.717) is 12.1 Å². The number of hydrogen-bond acceptors (Lipinski definition) is 6. The van der Waals surface area contributed by atoms with Crippen LogP contribution in [0.25, 0.3) is 0 Å². The van der Waals surface area contributed by atoms with Gasteiger partial charge in [0.15, 0.2) is 5.69 Å². The van der Waals surface area contributed by atoms with Crippen LogP contribution in [0.4, 0.5) is 6.01 Å². The second-order valence-corrected chi connectivity index (χ2v) is 5.33. The molecule has 0 saturated heterocycles. The molecule has 0 radical (unpaired) electrons. The van der Waals surface area contributed by atoms with E-state index in [4.69, 9.17) is 4.42 Å². The molecule has 0 fully saturated rings. The van der Waals surface area contributed by atoms with Gasteiger partial charge in [-0.2, -0.15) is 16.3 Å². The zero-order valence-corrected chi connectivity index (χ0v) is 12.7. The molecule has 2 amide bonds. The van der Waals surface area contributed by atoms with Crippen LogP contribution in [0.1, 0.15) is 26.4 Å². The highest BCUT2D eigenvalue weighted by Gasteiger charge is 2.14. The molecule has 3 rings (SSSR count). The fourth-order valence-electron chi connectivity index (χ4n) is 1.77. The second kappa shape index (κ2) is 6.84. The van der Waals surface area contributed by atoms with Crippen LogP contribution in [0.3, 0.4) is 0 Å². The first kappa shape index (κ1) is 14.9. The average Bonchev–Trinajstić information content (AvgIpc) is 3.25. The molecule has 3 heterocycles. The molecule has 0 aliphatic carbocycles. The van der Waals surface area contributed by atoms with E-state index in [1.54, 1.807) is 35.3 Å². The molecule has 0 aromatic carbocycles. The van der Waals surface area contributed by atoms with Crippen molar-refractivity contribution in [3.8, 4) is 0 Å². The molecule has 2 N–H and O–H groups in total. The Morgan fingerprint density at radius 2 is 2.17 bits per heavy atom. The number of nitrogens with zero attached hydrogens (tertiary/aromatic N) is 2. The smallest absolute Gasteiger partial charge is 0.302 e. The van der Waals surface area contributed by atoms with Crippen molar-refractivity contribution in [1.82, 2.24) is 15.3 Å². The lowest BCUT2D eigenvalue weighted by Crippen LogP contribution is -2.23. The zero-order valence-electron chi connectivity index (χ0n) is 11.9. The Balaban J connectivity index is 1.58. The van der Waals surface area contributed by atoms with Gasteiger partial charge in [-0.1, -0.05) is 6.07 Å². The van der Waals surface area contributed by atoms with Crippen LogP contribution in [0.5, 0.6) is 0 Å². The molecular weight excluding hydrogens is 316 g/mol. The molecule has 0 aliphatic heterocycles. The van der Waals surface area contributed by atoms with Gasteiger partial charge in [-0.15, -0.1) is 0 Å². The Labute approximate surface area is 135 Å². The molecule has 3 aromatic rings. The van der Waals surface area contributed by atoms with Crippen molar-refractivity contribution in [2.45, 2.75) is 6.54 Å². The first-order valence-electron chi connectivity index (χ1n) is 6.68. The lowest BCUT2D eigenvalue weighted by Gasteiger charge is -2.01. The van der Waals surface area contributed by atoms with Crippen LogP contribution < -0.4 is 10.6 Å². The third kappa shape index (κ3) is 3.80. The number of hydrogen-bond donors (Lipinski definition) is 2. The second-order valence-electron chi connectivity index (χ2n) is 4.55. The van der Waals surface area contributed by atoms with Gasteiger partial charge in [-0.05, 0) is 23.1 Å². The van der Waals surface area contributed by atoms with E-state index in [9.17, 15) is 9.59 Å². The minimum atomic E-state index is -0.395. The normalized spacial score (nSPS) is 10.3. The fourth-order valence-corrected chi connectivity index (χ4v) is 2.41. The van der Waals surface area contributed by atoms with Crippen molar-refractivity contribution >= 4 is 29.2 Å². The standard InChI is InChI=1S/C15H12N4O3S/c20-13(11-3-5-23-9-11)19-15-18-12(8-22-15)14(21)17-7-10-2-1-4-16-6-10/h1-6,8-9H,7H2,(H,17,21)(H,18,19,20). The molecule has 3 aromatic heterocycles. The summed E-state index contributed by atoms with van der Waals surface area (Å²) in [4.78, 5) is 31.7. The summed E-state index contributed by atoms with van der Waals surface area (Å²) in [6, 6.07) is 5.30. The SMILES string of the molecule is O=C(Nc1nc(C(=O)NCc2cccnc2)co1)c1ccsc1. The number of pyridine rings is 1. The highest BCUT2D eigenvalue weighted by molar-refractivity contribution is 7.08. The number of thiophene rings is 1. The van der Waals surface area contributed by atoms with E-state index in [-0.39, 0.29) is 17.6 Å². The first-order valence-corrected chi connectivity index (χ1v) is 7.63. The minimum Gasteiger partial charge on any atom is -0.431 e. The van der Waals surface area contributed by atoms with Gasteiger partial charge in [-0.25, -0.2) is 0 Å². The Hall–Kier alpha value is -3.00. The van der Waals surface area contributed by atoms with Gasteiger partial charge in [0.2, 0.25) is 0 Å². The minimum absolute atomic E-state index is 0.0206. The van der Waals surface area contributed by atoms with Crippen LogP contribution in [-0.2, 0) is 6.54 Å². The predicted octanol–water partition coefficient (Wildman–Crippen LogP) is 2.31. The lowest BCUT2D eigenvalue weighted by molar-refractivity contribution is 0.0944. The monoisotopic (exact) mass is 328 g/mol. The summed E-state index contributed by atoms with van der Waals surface area (Å²) in [5.74, 6) is -0.732. The number of carbonyl (C=O) groups excluding carboxylic acids is 2. The van der Waals surface area contributed by atoms with Gasteiger partial charge < -0.3 is 9.73 Å². The fraction of sp³-hybridized carbons (Fsp3) is 0.0667. The number of aromatic nitrogens is 2. The van der Waals surface area contributed by atoms with Crippen molar-refractivity contribution < 1.29 is 14.0 Å². The average molecular weight is 328 g/mol. The van der Waals surface area contributed by atoms with E-state index in [0.717, 1.165) is 5.56 Å².